The van der Waals surface area contributed by atoms with Crippen molar-refractivity contribution in [3.05, 3.63) is 18.2 Å². The minimum absolute atomic E-state index is 0.125. The summed E-state index contributed by atoms with van der Waals surface area (Å²) < 4.78 is 0. The summed E-state index contributed by atoms with van der Waals surface area (Å²) in [6.45, 7) is -0.193. The lowest BCUT2D eigenvalue weighted by Crippen LogP contribution is -2.52. The van der Waals surface area contributed by atoms with E-state index < -0.39 is 18.0 Å². The number of aromatic nitrogens is 2. The highest BCUT2D eigenvalue weighted by Crippen LogP contribution is 2.13. The lowest BCUT2D eigenvalue weighted by molar-refractivity contribution is -0.130. The number of nitrogens with two attached hydrogens (primary N) is 1. The molecule has 120 valence electrons. The molecule has 5 N–H and O–H groups in total. The predicted molar refractivity (Wildman–Crippen MR) is 78.7 cm³/mol. The van der Waals surface area contributed by atoms with Crippen LogP contribution >= 0.6 is 0 Å². The van der Waals surface area contributed by atoms with Crippen molar-refractivity contribution >= 4 is 17.6 Å². The standard InChI is InChI=1S/C14H21N5O3/c15-6-13(21)19-11(5-9-7-16-8-17-9)14(22)10-3-1-2-4-12(20)18-10/h7-8,10-11H,1-6,15H2,(H,16,17)(H,18,20)(H,19,21)/t10?,11-/m0/s1. The quantitative estimate of drug-likeness (QED) is 0.537. The van der Waals surface area contributed by atoms with E-state index in [1.165, 1.54) is 6.33 Å². The predicted octanol–water partition coefficient (Wildman–Crippen LogP) is -0.976. The van der Waals surface area contributed by atoms with Crippen molar-refractivity contribution in [1.82, 2.24) is 20.6 Å². The fourth-order valence-corrected chi connectivity index (χ4v) is 2.52. The molecule has 1 saturated heterocycles. The van der Waals surface area contributed by atoms with Gasteiger partial charge in [0.2, 0.25) is 11.8 Å². The average Bonchev–Trinajstić information content (AvgIpc) is 2.92. The molecule has 0 aromatic carbocycles. The number of nitrogens with zero attached hydrogens (tertiary/aromatic N) is 1. The number of H-pyrrole nitrogens is 1. The van der Waals surface area contributed by atoms with Crippen LogP contribution in [0.5, 0.6) is 0 Å². The van der Waals surface area contributed by atoms with E-state index in [0.29, 0.717) is 18.5 Å². The molecule has 0 saturated carbocycles. The SMILES string of the molecule is NCC(=O)N[C@@H](Cc1c[nH]cn1)C(=O)C1CCCCC(=O)N1. The molecule has 1 aliphatic rings. The number of carbonyl (C=O) groups is 3. The molecule has 2 rings (SSSR count). The molecule has 2 amide bonds. The van der Waals surface area contributed by atoms with Gasteiger partial charge in [0, 0.05) is 19.0 Å². The number of nitrogens with one attached hydrogen (secondary N) is 3. The number of carbonyl (C=O) groups excluding carboxylic acids is 3. The van der Waals surface area contributed by atoms with Gasteiger partial charge in [0.25, 0.3) is 0 Å². The largest absolute Gasteiger partial charge is 0.351 e. The molecular weight excluding hydrogens is 286 g/mol. The highest BCUT2D eigenvalue weighted by Gasteiger charge is 2.30. The number of hydrogen-bond acceptors (Lipinski definition) is 5. The molecule has 1 aromatic rings. The summed E-state index contributed by atoms with van der Waals surface area (Å²) in [4.78, 5) is 42.7. The minimum atomic E-state index is -0.747. The number of Topliss-reactive ketones (excluding diaryl/α,β-unsaturated/α-hetero) is 1. The average molecular weight is 307 g/mol. The van der Waals surface area contributed by atoms with Gasteiger partial charge < -0.3 is 21.4 Å². The van der Waals surface area contributed by atoms with Gasteiger partial charge in [-0.2, -0.15) is 0 Å². The molecule has 1 aliphatic heterocycles. The molecular formula is C14H21N5O3. The van der Waals surface area contributed by atoms with Crippen LogP contribution in [0.2, 0.25) is 0 Å². The molecule has 2 atom stereocenters. The number of aromatic amines is 1. The van der Waals surface area contributed by atoms with Crippen LogP contribution in [0.1, 0.15) is 31.4 Å². The molecule has 8 nitrogen and oxygen atoms in total. The van der Waals surface area contributed by atoms with E-state index in [-0.39, 0.29) is 24.7 Å². The number of amides is 2. The molecule has 22 heavy (non-hydrogen) atoms. The van der Waals surface area contributed by atoms with Gasteiger partial charge in [0.1, 0.15) is 0 Å². The maximum Gasteiger partial charge on any atom is 0.234 e. The van der Waals surface area contributed by atoms with Crippen LogP contribution in [0.3, 0.4) is 0 Å². The second-order valence-corrected chi connectivity index (χ2v) is 5.36. The second-order valence-electron chi connectivity index (χ2n) is 5.36. The Balaban J connectivity index is 2.09. The van der Waals surface area contributed by atoms with Crippen LogP contribution in [-0.4, -0.2) is 46.2 Å². The molecule has 0 radical (unpaired) electrons. The topological polar surface area (TPSA) is 130 Å². The molecule has 8 heteroatoms. The third-order valence-electron chi connectivity index (χ3n) is 3.66. The van der Waals surface area contributed by atoms with Crippen molar-refractivity contribution in [3.8, 4) is 0 Å². The maximum absolute atomic E-state index is 12.7. The summed E-state index contributed by atoms with van der Waals surface area (Å²) in [6.07, 6.45) is 6.03. The molecule has 0 spiro atoms. The van der Waals surface area contributed by atoms with Gasteiger partial charge in [0.05, 0.1) is 30.6 Å². The van der Waals surface area contributed by atoms with Gasteiger partial charge in [-0.3, -0.25) is 14.4 Å². The van der Waals surface area contributed by atoms with Crippen molar-refractivity contribution in [2.75, 3.05) is 6.54 Å². The fourth-order valence-electron chi connectivity index (χ4n) is 2.52. The highest BCUT2D eigenvalue weighted by atomic mass is 16.2. The monoisotopic (exact) mass is 307 g/mol. The van der Waals surface area contributed by atoms with Crippen molar-refractivity contribution in [1.29, 1.82) is 0 Å². The van der Waals surface area contributed by atoms with Crippen LogP contribution in [0.25, 0.3) is 0 Å². The molecule has 0 aliphatic carbocycles. The normalized spacial score (nSPS) is 19.9. The Morgan fingerprint density at radius 1 is 1.45 bits per heavy atom. The number of rotatable bonds is 6. The van der Waals surface area contributed by atoms with Gasteiger partial charge in [-0.1, -0.05) is 6.42 Å². The van der Waals surface area contributed by atoms with Crippen LogP contribution < -0.4 is 16.4 Å². The molecule has 2 heterocycles. The highest BCUT2D eigenvalue weighted by molar-refractivity contribution is 5.95. The first kappa shape index (κ1) is 16.2. The van der Waals surface area contributed by atoms with E-state index in [0.717, 1.165) is 12.8 Å². The summed E-state index contributed by atoms with van der Waals surface area (Å²) >= 11 is 0. The van der Waals surface area contributed by atoms with Crippen molar-refractivity contribution in [3.63, 3.8) is 0 Å². The zero-order valence-corrected chi connectivity index (χ0v) is 12.3. The summed E-state index contributed by atoms with van der Waals surface area (Å²) in [7, 11) is 0. The van der Waals surface area contributed by atoms with Gasteiger partial charge in [-0.05, 0) is 12.8 Å². The van der Waals surface area contributed by atoms with E-state index in [1.807, 2.05) is 0 Å². The van der Waals surface area contributed by atoms with Gasteiger partial charge in [-0.25, -0.2) is 4.98 Å². The summed E-state index contributed by atoms with van der Waals surface area (Å²) in [5, 5.41) is 5.35. The Hall–Kier alpha value is -2.22. The van der Waals surface area contributed by atoms with E-state index >= 15 is 0 Å². The van der Waals surface area contributed by atoms with Crippen LogP contribution in [-0.2, 0) is 20.8 Å². The van der Waals surface area contributed by atoms with Crippen molar-refractivity contribution < 1.29 is 14.4 Å². The van der Waals surface area contributed by atoms with Gasteiger partial charge in [0.15, 0.2) is 5.78 Å². The van der Waals surface area contributed by atoms with E-state index in [2.05, 4.69) is 20.6 Å². The zero-order valence-electron chi connectivity index (χ0n) is 12.3. The van der Waals surface area contributed by atoms with Crippen molar-refractivity contribution in [2.24, 2.45) is 5.73 Å². The first-order chi connectivity index (χ1) is 10.6. The zero-order chi connectivity index (χ0) is 15.9. The minimum Gasteiger partial charge on any atom is -0.351 e. The molecule has 0 bridgehead atoms. The number of imidazole rings is 1. The van der Waals surface area contributed by atoms with E-state index in [4.69, 9.17) is 5.73 Å². The molecule has 1 fully saturated rings. The van der Waals surface area contributed by atoms with Crippen molar-refractivity contribution in [2.45, 2.75) is 44.2 Å². The lowest BCUT2D eigenvalue weighted by Gasteiger charge is -2.22. The van der Waals surface area contributed by atoms with Crippen LogP contribution in [0, 0.1) is 0 Å². The smallest absolute Gasteiger partial charge is 0.234 e. The Bertz CT molecular complexity index is 529. The molecule has 1 aromatic heterocycles. The van der Waals surface area contributed by atoms with Crippen LogP contribution in [0.15, 0.2) is 12.5 Å². The Labute approximate surface area is 128 Å². The van der Waals surface area contributed by atoms with Gasteiger partial charge >= 0.3 is 0 Å². The maximum atomic E-state index is 12.7. The second kappa shape index (κ2) is 7.69. The lowest BCUT2D eigenvalue weighted by atomic mass is 9.97. The van der Waals surface area contributed by atoms with Crippen LogP contribution in [0.4, 0.5) is 0 Å². The third kappa shape index (κ3) is 4.39. The van der Waals surface area contributed by atoms with Gasteiger partial charge in [-0.15, -0.1) is 0 Å². The van der Waals surface area contributed by atoms with E-state index in [9.17, 15) is 14.4 Å². The summed E-state index contributed by atoms with van der Waals surface area (Å²) in [5.41, 5.74) is 5.97. The Kier molecular flexibility index (Phi) is 5.65. The summed E-state index contributed by atoms with van der Waals surface area (Å²) in [5.74, 6) is -0.742. The third-order valence-corrected chi connectivity index (χ3v) is 3.66. The Morgan fingerprint density at radius 3 is 2.95 bits per heavy atom. The first-order valence-electron chi connectivity index (χ1n) is 7.40. The number of ketones is 1. The molecule has 1 unspecified atom stereocenters. The Morgan fingerprint density at radius 2 is 2.27 bits per heavy atom. The fraction of sp³-hybridized carbons (Fsp3) is 0.571. The number of hydrogen-bond donors (Lipinski definition) is 4. The summed E-state index contributed by atoms with van der Waals surface area (Å²) in [6, 6.07) is -1.32. The first-order valence-corrected chi connectivity index (χ1v) is 7.40. The van der Waals surface area contributed by atoms with E-state index in [1.54, 1.807) is 6.20 Å².